The van der Waals surface area contributed by atoms with E-state index in [2.05, 4.69) is 0 Å². The largest absolute Gasteiger partial charge is 0.492 e. The number of carboxylic acid groups (broad SMARTS) is 1. The van der Waals surface area contributed by atoms with Crippen LogP contribution in [-0.2, 0) is 16.4 Å². The predicted octanol–water partition coefficient (Wildman–Crippen LogP) is 2.77. The summed E-state index contributed by atoms with van der Waals surface area (Å²) in [6, 6.07) is 10.6. The smallest absolute Gasteiger partial charge is 0.431 e. The second-order valence-electron chi connectivity index (χ2n) is 8.83. The van der Waals surface area contributed by atoms with Crippen LogP contribution < -0.4 is 19.9 Å². The number of nitrogens with zero attached hydrogens (tertiary/aromatic N) is 2. The third-order valence-electron chi connectivity index (χ3n) is 5.59. The van der Waals surface area contributed by atoms with Gasteiger partial charge in [-0.05, 0) is 48.6 Å². The van der Waals surface area contributed by atoms with Crippen molar-refractivity contribution < 1.29 is 37.7 Å². The van der Waals surface area contributed by atoms with Crippen molar-refractivity contribution in [2.24, 2.45) is 11.7 Å². The first-order chi connectivity index (χ1) is 17.1. The van der Waals surface area contributed by atoms with Gasteiger partial charge < -0.3 is 25.1 Å². The van der Waals surface area contributed by atoms with Crippen molar-refractivity contribution in [3.8, 4) is 17.2 Å². The van der Waals surface area contributed by atoms with Crippen LogP contribution in [0.2, 0.25) is 0 Å². The normalized spacial score (nSPS) is 13.7. The molecule has 12 heteroatoms. The van der Waals surface area contributed by atoms with E-state index < -0.39 is 22.2 Å². The standard InChI is InChI=1S/C24H33N3O8S/c1-17(2)15-26(36(31,32)21-7-8-22-23(14-21)35-16-34-22)11-9-19(27(30)24(28)29)13-18-3-5-20(6-4-18)33-12-10-25/h3-8,14,17,19,30H,9-13,15-16,25H2,1-2H3,(H,28,29). The molecule has 1 heterocycles. The van der Waals surface area contributed by atoms with E-state index in [1.54, 1.807) is 30.3 Å². The minimum absolute atomic E-state index is 0.00164. The molecule has 198 valence electrons. The monoisotopic (exact) mass is 523 g/mol. The maximum absolute atomic E-state index is 13.5. The van der Waals surface area contributed by atoms with Crippen LogP contribution in [-0.4, -0.2) is 73.3 Å². The number of hydrogen-bond acceptors (Lipinski definition) is 8. The lowest BCUT2D eigenvalue weighted by Gasteiger charge is -2.28. The van der Waals surface area contributed by atoms with Crippen LogP contribution >= 0.6 is 0 Å². The van der Waals surface area contributed by atoms with E-state index in [-0.39, 0.29) is 48.6 Å². The highest BCUT2D eigenvalue weighted by Gasteiger charge is 2.30. The third kappa shape index (κ3) is 7.00. The van der Waals surface area contributed by atoms with Gasteiger partial charge in [-0.1, -0.05) is 26.0 Å². The second-order valence-corrected chi connectivity index (χ2v) is 10.8. The molecule has 0 saturated carbocycles. The first-order valence-electron chi connectivity index (χ1n) is 11.6. The van der Waals surface area contributed by atoms with Gasteiger partial charge in [0.2, 0.25) is 16.8 Å². The van der Waals surface area contributed by atoms with Gasteiger partial charge >= 0.3 is 6.09 Å². The number of hydrogen-bond donors (Lipinski definition) is 3. The Bertz CT molecular complexity index is 1120. The van der Waals surface area contributed by atoms with Crippen LogP contribution in [0.25, 0.3) is 0 Å². The molecule has 2 aromatic rings. The summed E-state index contributed by atoms with van der Waals surface area (Å²) < 4.78 is 44.3. The maximum atomic E-state index is 13.5. The number of benzene rings is 2. The fourth-order valence-electron chi connectivity index (χ4n) is 3.83. The van der Waals surface area contributed by atoms with E-state index in [9.17, 15) is 23.5 Å². The molecule has 36 heavy (non-hydrogen) atoms. The molecule has 0 fully saturated rings. The summed E-state index contributed by atoms with van der Waals surface area (Å²) in [7, 11) is -3.92. The Kier molecular flexibility index (Phi) is 9.37. The van der Waals surface area contributed by atoms with Gasteiger partial charge in [0.05, 0.1) is 10.9 Å². The third-order valence-corrected chi connectivity index (χ3v) is 7.45. The van der Waals surface area contributed by atoms with Gasteiger partial charge in [0.15, 0.2) is 11.5 Å². The number of fused-ring (bicyclic) bond motifs is 1. The summed E-state index contributed by atoms with van der Waals surface area (Å²) >= 11 is 0. The number of nitrogens with two attached hydrogens (primary N) is 1. The fourth-order valence-corrected chi connectivity index (χ4v) is 5.47. The van der Waals surface area contributed by atoms with Crippen LogP contribution in [0.15, 0.2) is 47.4 Å². The van der Waals surface area contributed by atoms with Crippen LogP contribution in [0.3, 0.4) is 0 Å². The molecule has 1 aliphatic heterocycles. The molecule has 1 unspecified atom stereocenters. The summed E-state index contributed by atoms with van der Waals surface area (Å²) in [5, 5.41) is 19.9. The van der Waals surface area contributed by atoms with Crippen LogP contribution in [0.5, 0.6) is 17.2 Å². The zero-order valence-electron chi connectivity index (χ0n) is 20.4. The van der Waals surface area contributed by atoms with Crippen LogP contribution in [0.1, 0.15) is 25.8 Å². The summed E-state index contributed by atoms with van der Waals surface area (Å²) in [5.41, 5.74) is 6.20. The summed E-state index contributed by atoms with van der Waals surface area (Å²) in [6.45, 7) is 4.78. The van der Waals surface area contributed by atoms with Crippen molar-refractivity contribution in [3.05, 3.63) is 48.0 Å². The molecule has 0 saturated heterocycles. The first-order valence-corrected chi connectivity index (χ1v) is 13.1. The van der Waals surface area contributed by atoms with Gasteiger partial charge in [0.1, 0.15) is 12.4 Å². The quantitative estimate of drug-likeness (QED) is 0.266. The molecule has 1 aliphatic rings. The molecule has 3 rings (SSSR count). The van der Waals surface area contributed by atoms with Crippen molar-refractivity contribution in [3.63, 3.8) is 0 Å². The number of hydroxylamine groups is 2. The van der Waals surface area contributed by atoms with Crippen molar-refractivity contribution >= 4 is 16.1 Å². The average molecular weight is 524 g/mol. The zero-order chi connectivity index (χ0) is 26.3. The highest BCUT2D eigenvalue weighted by molar-refractivity contribution is 7.89. The summed E-state index contributed by atoms with van der Waals surface area (Å²) in [4.78, 5) is 11.6. The van der Waals surface area contributed by atoms with Crippen molar-refractivity contribution in [1.82, 2.24) is 9.37 Å². The SMILES string of the molecule is CC(C)CN(CCC(Cc1ccc(OCCN)cc1)N(O)C(=O)O)S(=O)(=O)c1ccc2c(c1)OCO2. The average Bonchev–Trinajstić information content (AvgIpc) is 3.32. The lowest BCUT2D eigenvalue weighted by atomic mass is 10.0. The van der Waals surface area contributed by atoms with E-state index >= 15 is 0 Å². The van der Waals surface area contributed by atoms with Crippen LogP contribution in [0.4, 0.5) is 4.79 Å². The lowest BCUT2D eigenvalue weighted by molar-refractivity contribution is -0.0984. The summed E-state index contributed by atoms with van der Waals surface area (Å²) in [5.74, 6) is 1.46. The second kappa shape index (κ2) is 12.3. The number of amides is 1. The van der Waals surface area contributed by atoms with E-state index in [1.807, 2.05) is 13.8 Å². The first kappa shape index (κ1) is 27.5. The Morgan fingerprint density at radius 3 is 2.47 bits per heavy atom. The molecule has 4 N–H and O–H groups in total. The van der Waals surface area contributed by atoms with Gasteiger partial charge in [-0.25, -0.2) is 13.2 Å². The minimum Gasteiger partial charge on any atom is -0.492 e. The molecule has 0 aromatic heterocycles. The number of carbonyl (C=O) groups is 1. The Labute approximate surface area is 211 Å². The van der Waals surface area contributed by atoms with Gasteiger partial charge in [0, 0.05) is 25.7 Å². The lowest BCUT2D eigenvalue weighted by Crippen LogP contribution is -2.42. The highest BCUT2D eigenvalue weighted by atomic mass is 32.2. The zero-order valence-corrected chi connectivity index (χ0v) is 21.2. The number of ether oxygens (including phenoxy) is 3. The maximum Gasteiger partial charge on any atom is 0.431 e. The Balaban J connectivity index is 1.78. The van der Waals surface area contributed by atoms with Crippen molar-refractivity contribution in [1.29, 1.82) is 0 Å². The van der Waals surface area contributed by atoms with Gasteiger partial charge in [-0.15, -0.1) is 0 Å². The Hall–Kier alpha value is -3.06. The molecule has 0 spiro atoms. The van der Waals surface area contributed by atoms with E-state index in [0.29, 0.717) is 30.4 Å². The van der Waals surface area contributed by atoms with Gasteiger partial charge in [-0.3, -0.25) is 5.21 Å². The number of rotatable bonds is 13. The van der Waals surface area contributed by atoms with Crippen molar-refractivity contribution in [2.75, 3.05) is 33.0 Å². The van der Waals surface area contributed by atoms with E-state index in [4.69, 9.17) is 19.9 Å². The van der Waals surface area contributed by atoms with Crippen molar-refractivity contribution in [2.45, 2.75) is 37.6 Å². The highest BCUT2D eigenvalue weighted by Crippen LogP contribution is 2.35. The number of sulfonamides is 1. The van der Waals surface area contributed by atoms with Crippen LogP contribution in [0, 0.1) is 5.92 Å². The molecule has 0 aliphatic carbocycles. The predicted molar refractivity (Wildman–Crippen MR) is 131 cm³/mol. The summed E-state index contributed by atoms with van der Waals surface area (Å²) in [6.07, 6.45) is -1.26. The Morgan fingerprint density at radius 1 is 1.14 bits per heavy atom. The molecular formula is C24H33N3O8S. The molecular weight excluding hydrogens is 490 g/mol. The molecule has 2 aromatic carbocycles. The fraction of sp³-hybridized carbons (Fsp3) is 0.458. The van der Waals surface area contributed by atoms with Gasteiger partial charge in [-0.2, -0.15) is 9.37 Å². The Morgan fingerprint density at radius 2 is 1.83 bits per heavy atom. The molecule has 11 nitrogen and oxygen atoms in total. The van der Waals surface area contributed by atoms with Gasteiger partial charge in [0.25, 0.3) is 0 Å². The molecule has 1 amide bonds. The van der Waals surface area contributed by atoms with E-state index in [1.165, 1.54) is 16.4 Å². The molecule has 0 radical (unpaired) electrons. The van der Waals surface area contributed by atoms with E-state index in [0.717, 1.165) is 5.56 Å². The molecule has 1 atom stereocenters. The molecule has 0 bridgehead atoms. The topological polar surface area (TPSA) is 152 Å². The minimum atomic E-state index is -3.92.